The SMILES string of the molecule is COc1cc(N2CC(C(=O)NCCNC(=O)OC(C)(C)C)CC2=O)cc(OC)c1OC. The molecule has 0 spiro atoms. The van der Waals surface area contributed by atoms with Crippen molar-refractivity contribution >= 4 is 23.6 Å². The van der Waals surface area contributed by atoms with Gasteiger partial charge in [0.25, 0.3) is 0 Å². The zero-order chi connectivity index (χ0) is 23.2. The monoisotopic (exact) mass is 437 g/mol. The summed E-state index contributed by atoms with van der Waals surface area (Å²) in [7, 11) is 4.49. The van der Waals surface area contributed by atoms with Crippen LogP contribution in [-0.2, 0) is 14.3 Å². The fourth-order valence-corrected chi connectivity index (χ4v) is 3.16. The van der Waals surface area contributed by atoms with Gasteiger partial charge in [0.1, 0.15) is 5.60 Å². The van der Waals surface area contributed by atoms with Gasteiger partial charge < -0.3 is 34.5 Å². The zero-order valence-corrected chi connectivity index (χ0v) is 18.9. The number of carbonyl (C=O) groups is 3. The van der Waals surface area contributed by atoms with Crippen molar-refractivity contribution in [3.8, 4) is 17.2 Å². The fourth-order valence-electron chi connectivity index (χ4n) is 3.16. The number of hydrogen-bond acceptors (Lipinski definition) is 7. The van der Waals surface area contributed by atoms with Crippen LogP contribution in [0.5, 0.6) is 17.2 Å². The first kappa shape index (κ1) is 24.1. The van der Waals surface area contributed by atoms with Crippen molar-refractivity contribution in [2.24, 2.45) is 5.92 Å². The molecule has 31 heavy (non-hydrogen) atoms. The maximum absolute atomic E-state index is 12.6. The zero-order valence-electron chi connectivity index (χ0n) is 18.9. The Balaban J connectivity index is 1.94. The molecular formula is C21H31N3O7. The summed E-state index contributed by atoms with van der Waals surface area (Å²) in [5, 5.41) is 5.31. The van der Waals surface area contributed by atoms with Crippen LogP contribution < -0.4 is 29.7 Å². The van der Waals surface area contributed by atoms with Crippen LogP contribution in [0.1, 0.15) is 27.2 Å². The first-order valence-corrected chi connectivity index (χ1v) is 9.94. The van der Waals surface area contributed by atoms with Crippen molar-refractivity contribution < 1.29 is 33.3 Å². The summed E-state index contributed by atoms with van der Waals surface area (Å²) in [5.74, 6) is 0.326. The van der Waals surface area contributed by atoms with E-state index in [-0.39, 0.29) is 37.9 Å². The number of alkyl carbamates (subject to hydrolysis) is 1. The Morgan fingerprint density at radius 1 is 1.03 bits per heavy atom. The molecule has 0 radical (unpaired) electrons. The van der Waals surface area contributed by atoms with Gasteiger partial charge in [-0.3, -0.25) is 9.59 Å². The molecule has 1 aromatic rings. The van der Waals surface area contributed by atoms with E-state index < -0.39 is 17.6 Å². The molecule has 1 aromatic carbocycles. The number of rotatable bonds is 8. The topological polar surface area (TPSA) is 115 Å². The van der Waals surface area contributed by atoms with E-state index >= 15 is 0 Å². The summed E-state index contributed by atoms with van der Waals surface area (Å²) in [6.07, 6.45) is -0.464. The summed E-state index contributed by atoms with van der Waals surface area (Å²) in [4.78, 5) is 38.2. The second kappa shape index (κ2) is 10.2. The molecule has 172 valence electrons. The molecule has 1 heterocycles. The molecule has 1 aliphatic heterocycles. The summed E-state index contributed by atoms with van der Waals surface area (Å²) in [5.41, 5.74) is -0.0326. The predicted molar refractivity (Wildman–Crippen MR) is 114 cm³/mol. The number of hydrogen-bond donors (Lipinski definition) is 2. The van der Waals surface area contributed by atoms with Crippen LogP contribution in [0.4, 0.5) is 10.5 Å². The third-order valence-corrected chi connectivity index (χ3v) is 4.55. The maximum Gasteiger partial charge on any atom is 0.407 e. The highest BCUT2D eigenvalue weighted by Crippen LogP contribution is 2.42. The van der Waals surface area contributed by atoms with Gasteiger partial charge in [-0.15, -0.1) is 0 Å². The van der Waals surface area contributed by atoms with Gasteiger partial charge in [0.2, 0.25) is 17.6 Å². The predicted octanol–water partition coefficient (Wildman–Crippen LogP) is 1.71. The average Bonchev–Trinajstić information content (AvgIpc) is 3.10. The number of nitrogens with zero attached hydrogens (tertiary/aromatic N) is 1. The molecule has 0 aromatic heterocycles. The molecule has 0 bridgehead atoms. The number of carbonyl (C=O) groups excluding carboxylic acids is 3. The van der Waals surface area contributed by atoms with Crippen LogP contribution in [0, 0.1) is 5.92 Å². The number of ether oxygens (including phenoxy) is 4. The minimum atomic E-state index is -0.589. The second-order valence-corrected chi connectivity index (χ2v) is 8.01. The van der Waals surface area contributed by atoms with Gasteiger partial charge in [0.15, 0.2) is 11.5 Å². The van der Waals surface area contributed by atoms with Crippen LogP contribution in [0.3, 0.4) is 0 Å². The van der Waals surface area contributed by atoms with E-state index in [2.05, 4.69) is 10.6 Å². The standard InChI is InChI=1S/C21H31N3O7/c1-21(2,3)31-20(27)23-8-7-22-19(26)13-9-17(25)24(12-13)14-10-15(28-4)18(30-6)16(11-14)29-5/h10-11,13H,7-9,12H2,1-6H3,(H,22,26)(H,23,27). The Morgan fingerprint density at radius 3 is 2.13 bits per heavy atom. The highest BCUT2D eigenvalue weighted by molar-refractivity contribution is 6.00. The molecule has 2 rings (SSSR count). The Bertz CT molecular complexity index is 795. The Hall–Kier alpha value is -3.17. The van der Waals surface area contributed by atoms with E-state index in [1.807, 2.05) is 0 Å². The number of anilines is 1. The van der Waals surface area contributed by atoms with Crippen molar-refractivity contribution in [2.45, 2.75) is 32.8 Å². The number of benzene rings is 1. The van der Waals surface area contributed by atoms with Gasteiger partial charge in [-0.25, -0.2) is 4.79 Å². The molecular weight excluding hydrogens is 406 g/mol. The third kappa shape index (κ3) is 6.40. The lowest BCUT2D eigenvalue weighted by Gasteiger charge is -2.20. The number of amides is 3. The molecule has 1 atom stereocenters. The Kier molecular flexibility index (Phi) is 7.95. The van der Waals surface area contributed by atoms with Gasteiger partial charge in [-0.1, -0.05) is 0 Å². The summed E-state index contributed by atoms with van der Waals surface area (Å²) in [6, 6.07) is 3.34. The Labute approximate surface area is 182 Å². The largest absolute Gasteiger partial charge is 0.493 e. The molecule has 1 aliphatic rings. The first-order chi connectivity index (χ1) is 14.6. The minimum absolute atomic E-state index is 0.0853. The summed E-state index contributed by atoms with van der Waals surface area (Å²) >= 11 is 0. The van der Waals surface area contributed by atoms with Crippen molar-refractivity contribution in [3.63, 3.8) is 0 Å². The van der Waals surface area contributed by atoms with E-state index in [1.165, 1.54) is 26.2 Å². The number of methoxy groups -OCH3 is 3. The summed E-state index contributed by atoms with van der Waals surface area (Å²) < 4.78 is 21.1. The average molecular weight is 437 g/mol. The molecule has 3 amide bonds. The van der Waals surface area contributed by atoms with Gasteiger partial charge in [-0.2, -0.15) is 0 Å². The molecule has 10 nitrogen and oxygen atoms in total. The molecule has 10 heteroatoms. The van der Waals surface area contributed by atoms with Crippen LogP contribution in [-0.4, -0.2) is 64.5 Å². The fraction of sp³-hybridized carbons (Fsp3) is 0.571. The smallest absolute Gasteiger partial charge is 0.407 e. The van der Waals surface area contributed by atoms with Gasteiger partial charge in [-0.05, 0) is 20.8 Å². The number of nitrogens with one attached hydrogen (secondary N) is 2. The van der Waals surface area contributed by atoms with E-state index in [0.29, 0.717) is 22.9 Å². The third-order valence-electron chi connectivity index (χ3n) is 4.55. The lowest BCUT2D eigenvalue weighted by Crippen LogP contribution is -2.40. The maximum atomic E-state index is 12.6. The molecule has 2 N–H and O–H groups in total. The Morgan fingerprint density at radius 2 is 1.61 bits per heavy atom. The van der Waals surface area contributed by atoms with Crippen molar-refractivity contribution in [1.82, 2.24) is 10.6 Å². The van der Waals surface area contributed by atoms with Crippen molar-refractivity contribution in [2.75, 3.05) is 45.9 Å². The second-order valence-electron chi connectivity index (χ2n) is 8.01. The van der Waals surface area contributed by atoms with Crippen LogP contribution >= 0.6 is 0 Å². The molecule has 0 saturated carbocycles. The first-order valence-electron chi connectivity index (χ1n) is 9.94. The lowest BCUT2D eigenvalue weighted by molar-refractivity contribution is -0.126. The quantitative estimate of drug-likeness (QED) is 0.595. The van der Waals surface area contributed by atoms with Gasteiger partial charge in [0, 0.05) is 38.2 Å². The normalized spacial score (nSPS) is 16.0. The van der Waals surface area contributed by atoms with Crippen LogP contribution in [0.2, 0.25) is 0 Å². The highest BCUT2D eigenvalue weighted by atomic mass is 16.6. The van der Waals surface area contributed by atoms with Crippen molar-refractivity contribution in [3.05, 3.63) is 12.1 Å². The van der Waals surface area contributed by atoms with E-state index in [1.54, 1.807) is 32.9 Å². The molecule has 1 saturated heterocycles. The molecule has 1 fully saturated rings. The minimum Gasteiger partial charge on any atom is -0.493 e. The summed E-state index contributed by atoms with van der Waals surface area (Å²) in [6.45, 7) is 5.98. The molecule has 0 aliphatic carbocycles. The van der Waals surface area contributed by atoms with Crippen LogP contribution in [0.15, 0.2) is 12.1 Å². The van der Waals surface area contributed by atoms with Gasteiger partial charge >= 0.3 is 6.09 Å². The lowest BCUT2D eigenvalue weighted by atomic mass is 10.1. The molecule has 1 unspecified atom stereocenters. The van der Waals surface area contributed by atoms with E-state index in [0.717, 1.165) is 0 Å². The highest BCUT2D eigenvalue weighted by Gasteiger charge is 2.35. The van der Waals surface area contributed by atoms with Crippen LogP contribution in [0.25, 0.3) is 0 Å². The van der Waals surface area contributed by atoms with Gasteiger partial charge in [0.05, 0.1) is 32.9 Å². The van der Waals surface area contributed by atoms with E-state index in [4.69, 9.17) is 18.9 Å². The van der Waals surface area contributed by atoms with Crippen molar-refractivity contribution in [1.29, 1.82) is 0 Å². The van der Waals surface area contributed by atoms with E-state index in [9.17, 15) is 14.4 Å².